The maximum atomic E-state index is 12.5. The zero-order valence-electron chi connectivity index (χ0n) is 21.3. The lowest BCUT2D eigenvalue weighted by molar-refractivity contribution is -0.172. The molecule has 0 aromatic rings. The van der Waals surface area contributed by atoms with Gasteiger partial charge in [0.1, 0.15) is 6.61 Å². The Morgan fingerprint density at radius 3 is 1.68 bits per heavy atom. The van der Waals surface area contributed by atoms with Crippen LogP contribution in [0.2, 0.25) is 0 Å². The van der Waals surface area contributed by atoms with Crippen LogP contribution in [-0.4, -0.2) is 42.4 Å². The van der Waals surface area contributed by atoms with Gasteiger partial charge in [0.15, 0.2) is 0 Å². The molecule has 0 bridgehead atoms. The van der Waals surface area contributed by atoms with Crippen molar-refractivity contribution in [2.45, 2.75) is 123 Å². The van der Waals surface area contributed by atoms with E-state index in [1.165, 1.54) is 0 Å². The van der Waals surface area contributed by atoms with Crippen LogP contribution in [0.5, 0.6) is 0 Å². The van der Waals surface area contributed by atoms with Crippen molar-refractivity contribution in [1.82, 2.24) is 0 Å². The van der Waals surface area contributed by atoms with Gasteiger partial charge < -0.3 is 19.3 Å². The number of rotatable bonds is 23. The molecule has 0 radical (unpaired) electrons. The van der Waals surface area contributed by atoms with Gasteiger partial charge in [-0.25, -0.2) is 0 Å². The average Bonchev–Trinajstić information content (AvgIpc) is 2.80. The molecular weight excluding hydrogens is 440 g/mol. The Bertz CT molecular complexity index is 561. The third-order valence-electron chi connectivity index (χ3n) is 5.61. The lowest BCUT2D eigenvalue weighted by atomic mass is 10.0. The highest BCUT2D eigenvalue weighted by Gasteiger charge is 2.22. The van der Waals surface area contributed by atoms with Gasteiger partial charge in [-0.2, -0.15) is 0 Å². The summed E-state index contributed by atoms with van der Waals surface area (Å²) in [6.07, 6.45) is 13.1. The van der Waals surface area contributed by atoms with Crippen molar-refractivity contribution in [3.8, 4) is 0 Å². The van der Waals surface area contributed by atoms with E-state index >= 15 is 0 Å². The number of aliphatic carboxylic acids is 1. The highest BCUT2D eigenvalue weighted by molar-refractivity contribution is 5.74. The quantitative estimate of drug-likeness (QED) is 0.107. The molecule has 0 aliphatic heterocycles. The molecule has 0 saturated carbocycles. The molecule has 8 nitrogen and oxygen atoms in total. The number of esters is 3. The first-order valence-electron chi connectivity index (χ1n) is 13.1. The molecule has 0 aromatic carbocycles. The fourth-order valence-corrected chi connectivity index (χ4v) is 3.47. The molecule has 198 valence electrons. The van der Waals surface area contributed by atoms with Crippen molar-refractivity contribution < 1.29 is 38.5 Å². The first-order chi connectivity index (χ1) is 16.4. The average molecular weight is 487 g/mol. The first kappa shape index (κ1) is 31.9. The molecule has 1 atom stereocenters. The number of hydrogen-bond donors (Lipinski definition) is 1. The van der Waals surface area contributed by atoms with Gasteiger partial charge in [0.2, 0.25) is 6.79 Å². The number of carbonyl (C=O) groups excluding carboxylic acids is 3. The van der Waals surface area contributed by atoms with Crippen molar-refractivity contribution in [3.05, 3.63) is 0 Å². The minimum atomic E-state index is -0.851. The maximum Gasteiger partial charge on any atom is 0.315 e. The van der Waals surface area contributed by atoms with E-state index in [0.29, 0.717) is 38.5 Å². The molecule has 0 saturated heterocycles. The monoisotopic (exact) mass is 486 g/mol. The zero-order valence-corrected chi connectivity index (χ0v) is 21.3. The third-order valence-corrected chi connectivity index (χ3v) is 5.61. The lowest BCUT2D eigenvalue weighted by Crippen LogP contribution is -2.26. The van der Waals surface area contributed by atoms with Gasteiger partial charge in [-0.05, 0) is 25.7 Å². The van der Waals surface area contributed by atoms with Crippen molar-refractivity contribution in [2.75, 3.05) is 13.4 Å². The first-order valence-corrected chi connectivity index (χ1v) is 13.1. The van der Waals surface area contributed by atoms with Gasteiger partial charge in [0, 0.05) is 19.3 Å². The summed E-state index contributed by atoms with van der Waals surface area (Å²) in [4.78, 5) is 46.9. The van der Waals surface area contributed by atoms with E-state index in [0.717, 1.165) is 64.2 Å². The standard InChI is InChI=1S/C26H46O8/c1-3-5-7-9-14-18-24(29)32-20-22(16-12-11-13-17-23(27)28)26(31)34-21-33-25(30)19-15-10-8-6-4-2/h22H,3-21H2,1-2H3,(H,27,28). The Labute approximate surface area is 205 Å². The van der Waals surface area contributed by atoms with Crippen molar-refractivity contribution >= 4 is 23.9 Å². The number of carbonyl (C=O) groups is 4. The number of hydrogen-bond acceptors (Lipinski definition) is 7. The number of unbranched alkanes of at least 4 members (excludes halogenated alkanes) is 10. The molecule has 0 amide bonds. The van der Waals surface area contributed by atoms with Gasteiger partial charge >= 0.3 is 23.9 Å². The molecule has 0 aliphatic carbocycles. The fraction of sp³-hybridized carbons (Fsp3) is 0.846. The molecule has 1 unspecified atom stereocenters. The predicted octanol–water partition coefficient (Wildman–Crippen LogP) is 5.95. The van der Waals surface area contributed by atoms with Crippen LogP contribution in [0.25, 0.3) is 0 Å². The summed E-state index contributed by atoms with van der Waals surface area (Å²) in [6.45, 7) is 3.72. The molecule has 34 heavy (non-hydrogen) atoms. The summed E-state index contributed by atoms with van der Waals surface area (Å²) in [5.74, 6) is -2.83. The summed E-state index contributed by atoms with van der Waals surface area (Å²) in [7, 11) is 0. The number of carboxylic acids is 1. The van der Waals surface area contributed by atoms with E-state index in [1.807, 2.05) is 0 Å². The van der Waals surface area contributed by atoms with Crippen molar-refractivity contribution in [2.24, 2.45) is 5.92 Å². The highest BCUT2D eigenvalue weighted by atomic mass is 16.7. The van der Waals surface area contributed by atoms with Gasteiger partial charge in [0.25, 0.3) is 0 Å². The Hall–Kier alpha value is -2.12. The summed E-state index contributed by atoms with van der Waals surface area (Å²) in [6, 6.07) is 0. The molecule has 0 rings (SSSR count). The highest BCUT2D eigenvalue weighted by Crippen LogP contribution is 2.15. The largest absolute Gasteiger partial charge is 0.481 e. The minimum absolute atomic E-state index is 0.0799. The topological polar surface area (TPSA) is 116 Å². The smallest absolute Gasteiger partial charge is 0.315 e. The van der Waals surface area contributed by atoms with Crippen LogP contribution in [0.4, 0.5) is 0 Å². The normalized spacial score (nSPS) is 11.6. The SMILES string of the molecule is CCCCCCCC(=O)OCOC(=O)C(CCCCCC(=O)O)COC(=O)CCCCCCC. The van der Waals surface area contributed by atoms with Crippen LogP contribution in [0, 0.1) is 5.92 Å². The Morgan fingerprint density at radius 2 is 1.12 bits per heavy atom. The van der Waals surface area contributed by atoms with E-state index in [2.05, 4.69) is 13.8 Å². The molecule has 1 N–H and O–H groups in total. The zero-order chi connectivity index (χ0) is 25.4. The second-order valence-corrected chi connectivity index (χ2v) is 8.80. The summed E-state index contributed by atoms with van der Waals surface area (Å²) < 4.78 is 15.4. The fourth-order valence-electron chi connectivity index (χ4n) is 3.47. The maximum absolute atomic E-state index is 12.5. The molecule has 0 aromatic heterocycles. The van der Waals surface area contributed by atoms with Crippen LogP contribution in [0.15, 0.2) is 0 Å². The van der Waals surface area contributed by atoms with Crippen LogP contribution in [0.1, 0.15) is 123 Å². The van der Waals surface area contributed by atoms with E-state index < -0.39 is 30.6 Å². The predicted molar refractivity (Wildman–Crippen MR) is 129 cm³/mol. The van der Waals surface area contributed by atoms with E-state index in [9.17, 15) is 19.2 Å². The van der Waals surface area contributed by atoms with Crippen molar-refractivity contribution in [3.63, 3.8) is 0 Å². The molecule has 0 fully saturated rings. The number of carboxylic acid groups (broad SMARTS) is 1. The van der Waals surface area contributed by atoms with Crippen molar-refractivity contribution in [1.29, 1.82) is 0 Å². The van der Waals surface area contributed by atoms with Crippen LogP contribution in [-0.2, 0) is 33.4 Å². The summed E-state index contributed by atoms with van der Waals surface area (Å²) in [5, 5.41) is 8.74. The third kappa shape index (κ3) is 20.5. The second-order valence-electron chi connectivity index (χ2n) is 8.80. The van der Waals surface area contributed by atoms with Crippen LogP contribution >= 0.6 is 0 Å². The van der Waals surface area contributed by atoms with Crippen LogP contribution < -0.4 is 0 Å². The summed E-state index contributed by atoms with van der Waals surface area (Å²) in [5.41, 5.74) is 0. The molecular formula is C26H46O8. The lowest BCUT2D eigenvalue weighted by Gasteiger charge is -2.16. The Kier molecular flexibility index (Phi) is 21.2. The minimum Gasteiger partial charge on any atom is -0.481 e. The van der Waals surface area contributed by atoms with Gasteiger partial charge in [-0.3, -0.25) is 19.2 Å². The molecule has 0 heterocycles. The Morgan fingerprint density at radius 1 is 0.618 bits per heavy atom. The molecule has 0 spiro atoms. The van der Waals surface area contributed by atoms with E-state index in [4.69, 9.17) is 19.3 Å². The summed E-state index contributed by atoms with van der Waals surface area (Å²) >= 11 is 0. The van der Waals surface area contributed by atoms with Gasteiger partial charge in [0.05, 0.1) is 5.92 Å². The van der Waals surface area contributed by atoms with E-state index in [-0.39, 0.29) is 19.0 Å². The number of ether oxygens (including phenoxy) is 3. The Balaban J connectivity index is 4.35. The van der Waals surface area contributed by atoms with Gasteiger partial charge in [-0.15, -0.1) is 0 Å². The molecule has 0 aliphatic rings. The van der Waals surface area contributed by atoms with Gasteiger partial charge in [-0.1, -0.05) is 78.1 Å². The van der Waals surface area contributed by atoms with Crippen LogP contribution in [0.3, 0.4) is 0 Å². The van der Waals surface area contributed by atoms with E-state index in [1.54, 1.807) is 0 Å². The molecule has 8 heteroatoms. The second kappa shape index (κ2) is 22.7.